The quantitative estimate of drug-likeness (QED) is 0.212. The maximum Gasteiger partial charge on any atom is 0.243 e. The van der Waals surface area contributed by atoms with Gasteiger partial charge in [-0.15, -0.1) is 0 Å². The molecule has 2 amide bonds. The number of benzene rings is 2. The fourth-order valence-electron chi connectivity index (χ4n) is 4.48. The second kappa shape index (κ2) is 17.2. The van der Waals surface area contributed by atoms with Crippen LogP contribution in [-0.4, -0.2) is 74.5 Å². The van der Waals surface area contributed by atoms with Gasteiger partial charge in [-0.3, -0.25) is 9.59 Å². The van der Waals surface area contributed by atoms with Crippen LogP contribution in [-0.2, 0) is 26.0 Å². The lowest BCUT2D eigenvalue weighted by Gasteiger charge is -2.32. The Bertz CT molecular complexity index is 1160. The van der Waals surface area contributed by atoms with Gasteiger partial charge in [0.1, 0.15) is 6.04 Å². The van der Waals surface area contributed by atoms with Crippen molar-refractivity contribution in [2.45, 2.75) is 76.5 Å². The Kier molecular flexibility index (Phi) is 14.5. The molecule has 0 bridgehead atoms. The van der Waals surface area contributed by atoms with Gasteiger partial charge in [-0.25, -0.2) is 8.42 Å². The first-order valence-electron chi connectivity index (χ1n) is 14.5. The number of carbonyl (C=O) groups is 2. The fraction of sp³-hybridized carbons (Fsp3) is 0.548. The number of sulfonamides is 1. The van der Waals surface area contributed by atoms with Gasteiger partial charge in [0.05, 0.1) is 23.6 Å². The maximum atomic E-state index is 13.6. The van der Waals surface area contributed by atoms with E-state index >= 15 is 0 Å². The van der Waals surface area contributed by atoms with Gasteiger partial charge in [-0.2, -0.15) is 4.31 Å². The average Bonchev–Trinajstić information content (AvgIpc) is 2.96. The zero-order chi connectivity index (χ0) is 30.4. The third kappa shape index (κ3) is 11.2. The van der Waals surface area contributed by atoms with Crippen LogP contribution in [0.2, 0.25) is 0 Å². The number of carbonyl (C=O) groups excluding carboxylic acids is 2. The normalized spacial score (nSPS) is 14.8. The van der Waals surface area contributed by atoms with E-state index < -0.39 is 34.1 Å². The Labute approximate surface area is 246 Å². The zero-order valence-corrected chi connectivity index (χ0v) is 25.9. The highest BCUT2D eigenvalue weighted by molar-refractivity contribution is 7.89. The fourth-order valence-corrected chi connectivity index (χ4v) is 5.97. The summed E-state index contributed by atoms with van der Waals surface area (Å²) >= 11 is 0. The first-order valence-corrected chi connectivity index (χ1v) is 15.9. The lowest BCUT2D eigenvalue weighted by molar-refractivity contribution is -0.131. The number of hydrogen-bond acceptors (Lipinski definition) is 6. The molecule has 0 saturated heterocycles. The molecule has 1 unspecified atom stereocenters. The molecule has 0 fully saturated rings. The Morgan fingerprint density at radius 3 is 2.10 bits per heavy atom. The Morgan fingerprint density at radius 1 is 0.927 bits per heavy atom. The summed E-state index contributed by atoms with van der Waals surface area (Å²) in [6.07, 6.45) is 1.05. The highest BCUT2D eigenvalue weighted by atomic mass is 32.2. The summed E-state index contributed by atoms with van der Waals surface area (Å²) in [7, 11) is -2.22. The number of aryl methyl sites for hydroxylation is 1. The lowest BCUT2D eigenvalue weighted by atomic mass is 9.96. The summed E-state index contributed by atoms with van der Waals surface area (Å²) in [4.78, 5) is 26.0. The number of likely N-dealkylation sites (N-methyl/N-ethyl adjacent to an activating group) is 1. The van der Waals surface area contributed by atoms with E-state index in [0.29, 0.717) is 25.7 Å². The van der Waals surface area contributed by atoms with Crippen molar-refractivity contribution in [3.63, 3.8) is 0 Å². The molecule has 41 heavy (non-hydrogen) atoms. The van der Waals surface area contributed by atoms with Gasteiger partial charge in [-0.1, -0.05) is 82.6 Å². The van der Waals surface area contributed by atoms with Crippen LogP contribution in [0.25, 0.3) is 0 Å². The highest BCUT2D eigenvalue weighted by Crippen LogP contribution is 2.19. The number of hydrogen-bond donors (Lipinski definition) is 4. The predicted octanol–water partition coefficient (Wildman–Crippen LogP) is 2.95. The molecule has 0 radical (unpaired) electrons. The summed E-state index contributed by atoms with van der Waals surface area (Å²) in [5, 5.41) is 20.1. The monoisotopic (exact) mass is 588 g/mol. The van der Waals surface area contributed by atoms with Gasteiger partial charge in [0.25, 0.3) is 0 Å². The molecule has 0 aliphatic rings. The van der Waals surface area contributed by atoms with E-state index in [-0.39, 0.29) is 42.3 Å². The van der Waals surface area contributed by atoms with Crippen LogP contribution in [0, 0.1) is 11.8 Å². The van der Waals surface area contributed by atoms with Crippen LogP contribution in [0.3, 0.4) is 0 Å². The average molecular weight is 589 g/mol. The van der Waals surface area contributed by atoms with E-state index in [1.165, 1.54) is 4.31 Å². The molecular weight excluding hydrogens is 540 g/mol. The molecule has 2 rings (SSSR count). The number of aliphatic hydroxyl groups is 1. The van der Waals surface area contributed by atoms with Gasteiger partial charge >= 0.3 is 0 Å². The minimum absolute atomic E-state index is 0.0719. The van der Waals surface area contributed by atoms with Crippen LogP contribution < -0.4 is 16.0 Å². The van der Waals surface area contributed by atoms with Gasteiger partial charge in [0, 0.05) is 13.1 Å². The number of nitrogens with zero attached hydrogens (tertiary/aromatic N) is 1. The van der Waals surface area contributed by atoms with Crippen molar-refractivity contribution >= 4 is 21.8 Å². The van der Waals surface area contributed by atoms with Crippen molar-refractivity contribution in [2.24, 2.45) is 11.8 Å². The van der Waals surface area contributed by atoms with E-state index in [4.69, 9.17) is 0 Å². The molecule has 0 heterocycles. The predicted molar refractivity (Wildman–Crippen MR) is 163 cm³/mol. The molecule has 0 aromatic heterocycles. The number of amides is 2. The molecule has 10 heteroatoms. The number of aliphatic hydroxyl groups excluding tert-OH is 1. The van der Waals surface area contributed by atoms with Crippen LogP contribution >= 0.6 is 0 Å². The molecular formula is C31H48N4O5S. The lowest BCUT2D eigenvalue weighted by Crippen LogP contribution is -2.57. The van der Waals surface area contributed by atoms with E-state index in [2.05, 4.69) is 16.0 Å². The van der Waals surface area contributed by atoms with Crippen molar-refractivity contribution in [1.82, 2.24) is 20.3 Å². The molecule has 4 N–H and O–H groups in total. The molecule has 0 spiro atoms. The second-order valence-corrected chi connectivity index (χ2v) is 13.0. The van der Waals surface area contributed by atoms with Gasteiger partial charge < -0.3 is 21.1 Å². The molecule has 228 valence electrons. The SMILES string of the molecule is CCC(C)[C@H](NC(=O)CNC)C(=O)N[C@@H](CCc1ccccc1)[C@H](O)CN(CCC(C)C)S(=O)(=O)c1ccccc1. The third-order valence-electron chi connectivity index (χ3n) is 7.26. The molecule has 4 atom stereocenters. The highest BCUT2D eigenvalue weighted by Gasteiger charge is 2.33. The van der Waals surface area contributed by atoms with Gasteiger partial charge in [0.2, 0.25) is 21.8 Å². The molecule has 2 aromatic carbocycles. The van der Waals surface area contributed by atoms with Crippen LogP contribution in [0.5, 0.6) is 0 Å². The Morgan fingerprint density at radius 2 is 1.54 bits per heavy atom. The van der Waals surface area contributed by atoms with Crippen molar-refractivity contribution in [2.75, 3.05) is 26.7 Å². The minimum Gasteiger partial charge on any atom is -0.390 e. The van der Waals surface area contributed by atoms with E-state index in [0.717, 1.165) is 5.56 Å². The molecule has 2 aromatic rings. The summed E-state index contributed by atoms with van der Waals surface area (Å²) in [6, 6.07) is 16.4. The Hall–Kier alpha value is -2.79. The first-order chi connectivity index (χ1) is 19.5. The standard InChI is InChI=1S/C31H48N4O5S/c1-6-24(4)30(34-29(37)21-32-5)31(38)33-27(18-17-25-13-9-7-10-14-25)28(36)22-35(20-19-23(2)3)41(39,40)26-15-11-8-12-16-26/h7-16,23-24,27-28,30,32,36H,6,17-22H2,1-5H3,(H,33,38)(H,34,37)/t24?,27-,28+,30-/m0/s1. The van der Waals surface area contributed by atoms with Crippen molar-refractivity contribution in [3.8, 4) is 0 Å². The molecule has 0 saturated carbocycles. The molecule has 9 nitrogen and oxygen atoms in total. The topological polar surface area (TPSA) is 128 Å². The summed E-state index contributed by atoms with van der Waals surface area (Å²) < 4.78 is 28.5. The van der Waals surface area contributed by atoms with Crippen LogP contribution in [0.4, 0.5) is 0 Å². The third-order valence-corrected chi connectivity index (χ3v) is 9.14. The first kappa shape index (κ1) is 34.4. The number of rotatable bonds is 18. The Balaban J connectivity index is 2.34. The summed E-state index contributed by atoms with van der Waals surface area (Å²) in [5.74, 6) is -0.598. The zero-order valence-electron chi connectivity index (χ0n) is 25.0. The van der Waals surface area contributed by atoms with E-state index in [1.54, 1.807) is 37.4 Å². The van der Waals surface area contributed by atoms with E-state index in [9.17, 15) is 23.1 Å². The van der Waals surface area contributed by atoms with Crippen molar-refractivity contribution in [1.29, 1.82) is 0 Å². The van der Waals surface area contributed by atoms with Crippen LogP contribution in [0.15, 0.2) is 65.6 Å². The van der Waals surface area contributed by atoms with E-state index in [1.807, 2.05) is 58.0 Å². The summed E-state index contributed by atoms with van der Waals surface area (Å²) in [5.41, 5.74) is 1.04. The number of nitrogens with one attached hydrogen (secondary N) is 3. The van der Waals surface area contributed by atoms with Gasteiger partial charge in [0.15, 0.2) is 0 Å². The van der Waals surface area contributed by atoms with Crippen LogP contribution in [0.1, 0.15) is 52.5 Å². The second-order valence-electron chi connectivity index (χ2n) is 11.0. The molecule has 0 aliphatic heterocycles. The van der Waals surface area contributed by atoms with Crippen molar-refractivity contribution in [3.05, 3.63) is 66.2 Å². The van der Waals surface area contributed by atoms with Gasteiger partial charge in [-0.05, 0) is 55.8 Å². The summed E-state index contributed by atoms with van der Waals surface area (Å²) in [6.45, 7) is 8.00. The smallest absolute Gasteiger partial charge is 0.243 e. The van der Waals surface area contributed by atoms with Crippen molar-refractivity contribution < 1.29 is 23.1 Å². The molecule has 0 aliphatic carbocycles. The largest absolute Gasteiger partial charge is 0.390 e. The maximum absolute atomic E-state index is 13.6. The minimum atomic E-state index is -3.88.